The first kappa shape index (κ1) is 12.5. The number of hydrogen-bond donors (Lipinski definition) is 1. The van der Waals surface area contributed by atoms with E-state index in [4.69, 9.17) is 0 Å². The predicted octanol–water partition coefficient (Wildman–Crippen LogP) is 2.33. The summed E-state index contributed by atoms with van der Waals surface area (Å²) in [5, 5.41) is 7.67. The summed E-state index contributed by atoms with van der Waals surface area (Å²) < 4.78 is 2.20. The fourth-order valence-corrected chi connectivity index (χ4v) is 3.68. The van der Waals surface area contributed by atoms with E-state index in [0.717, 1.165) is 24.4 Å². The van der Waals surface area contributed by atoms with Gasteiger partial charge in [-0.3, -0.25) is 4.79 Å². The van der Waals surface area contributed by atoms with Crippen molar-refractivity contribution >= 4 is 33.4 Å². The zero-order chi connectivity index (χ0) is 12.5. The summed E-state index contributed by atoms with van der Waals surface area (Å²) in [6.45, 7) is 0.761. The lowest BCUT2D eigenvalue weighted by molar-refractivity contribution is 0.531. The van der Waals surface area contributed by atoms with Gasteiger partial charge in [-0.15, -0.1) is 0 Å². The van der Waals surface area contributed by atoms with Gasteiger partial charge in [-0.2, -0.15) is 16.9 Å². The highest BCUT2D eigenvalue weighted by molar-refractivity contribution is 9.10. The SMILES string of the molecule is O=c1c(Br)c(NC2CCSC2)cnn1CC1CC1. The molecule has 1 saturated heterocycles. The van der Waals surface area contributed by atoms with Crippen LogP contribution in [0.15, 0.2) is 15.5 Å². The highest BCUT2D eigenvalue weighted by Gasteiger charge is 2.24. The quantitative estimate of drug-likeness (QED) is 0.920. The molecule has 1 aromatic heterocycles. The van der Waals surface area contributed by atoms with Gasteiger partial charge in [-0.1, -0.05) is 0 Å². The fraction of sp³-hybridized carbons (Fsp3) is 0.667. The van der Waals surface area contributed by atoms with Crippen LogP contribution < -0.4 is 10.9 Å². The Balaban J connectivity index is 1.77. The first-order chi connectivity index (χ1) is 8.74. The molecule has 1 unspecified atom stereocenters. The number of anilines is 1. The number of nitrogens with one attached hydrogen (secondary N) is 1. The summed E-state index contributed by atoms with van der Waals surface area (Å²) in [4.78, 5) is 12.1. The Labute approximate surface area is 119 Å². The van der Waals surface area contributed by atoms with Crippen LogP contribution in [0.2, 0.25) is 0 Å². The molecule has 4 nitrogen and oxygen atoms in total. The van der Waals surface area contributed by atoms with Crippen LogP contribution in [0.3, 0.4) is 0 Å². The number of aromatic nitrogens is 2. The van der Waals surface area contributed by atoms with Gasteiger partial charge in [0.05, 0.1) is 11.9 Å². The topological polar surface area (TPSA) is 46.9 Å². The Hall–Kier alpha value is -0.490. The normalized spacial score (nSPS) is 23.3. The van der Waals surface area contributed by atoms with Crippen LogP contribution in [0.25, 0.3) is 0 Å². The molecule has 1 atom stereocenters. The average Bonchev–Trinajstić information content (AvgIpc) is 3.03. The molecule has 1 aromatic rings. The van der Waals surface area contributed by atoms with Crippen molar-refractivity contribution in [3.05, 3.63) is 21.0 Å². The first-order valence-electron chi connectivity index (χ1n) is 6.34. The molecule has 18 heavy (non-hydrogen) atoms. The van der Waals surface area contributed by atoms with Gasteiger partial charge in [0.1, 0.15) is 4.47 Å². The number of hydrogen-bond acceptors (Lipinski definition) is 4. The zero-order valence-corrected chi connectivity index (χ0v) is 12.5. The smallest absolute Gasteiger partial charge is 0.283 e. The van der Waals surface area contributed by atoms with E-state index in [1.807, 2.05) is 11.8 Å². The van der Waals surface area contributed by atoms with E-state index in [1.165, 1.54) is 18.6 Å². The van der Waals surface area contributed by atoms with Crippen molar-refractivity contribution in [3.63, 3.8) is 0 Å². The maximum atomic E-state index is 12.1. The Morgan fingerprint density at radius 2 is 2.33 bits per heavy atom. The summed E-state index contributed by atoms with van der Waals surface area (Å²) in [6, 6.07) is 0.465. The molecular formula is C12H16BrN3OS. The number of nitrogens with zero attached hydrogens (tertiary/aromatic N) is 2. The van der Waals surface area contributed by atoms with Crippen molar-refractivity contribution in [3.8, 4) is 0 Å². The van der Waals surface area contributed by atoms with Crippen molar-refractivity contribution in [2.75, 3.05) is 16.8 Å². The van der Waals surface area contributed by atoms with E-state index in [1.54, 1.807) is 10.9 Å². The van der Waals surface area contributed by atoms with Crippen LogP contribution in [-0.2, 0) is 6.54 Å². The molecule has 0 aromatic carbocycles. The summed E-state index contributed by atoms with van der Waals surface area (Å²) in [7, 11) is 0. The summed E-state index contributed by atoms with van der Waals surface area (Å²) in [5.74, 6) is 2.96. The number of halogens is 1. The van der Waals surface area contributed by atoms with Gasteiger partial charge in [0.2, 0.25) is 0 Å². The van der Waals surface area contributed by atoms with Gasteiger partial charge < -0.3 is 5.32 Å². The van der Waals surface area contributed by atoms with E-state index < -0.39 is 0 Å². The van der Waals surface area contributed by atoms with Gasteiger partial charge >= 0.3 is 0 Å². The third-order valence-electron chi connectivity index (χ3n) is 3.40. The van der Waals surface area contributed by atoms with E-state index in [0.29, 0.717) is 16.4 Å². The van der Waals surface area contributed by atoms with Crippen molar-refractivity contribution in [1.82, 2.24) is 9.78 Å². The molecule has 1 N–H and O–H groups in total. The Morgan fingerprint density at radius 1 is 1.50 bits per heavy atom. The molecule has 0 radical (unpaired) electrons. The van der Waals surface area contributed by atoms with Crippen molar-refractivity contribution in [2.24, 2.45) is 5.92 Å². The van der Waals surface area contributed by atoms with Gasteiger partial charge in [0, 0.05) is 18.3 Å². The molecular weight excluding hydrogens is 314 g/mol. The summed E-state index contributed by atoms with van der Waals surface area (Å²) >= 11 is 5.36. The average molecular weight is 330 g/mol. The second-order valence-corrected chi connectivity index (χ2v) is 6.95. The van der Waals surface area contributed by atoms with Gasteiger partial charge in [-0.05, 0) is 46.9 Å². The maximum Gasteiger partial charge on any atom is 0.283 e. The van der Waals surface area contributed by atoms with E-state index in [9.17, 15) is 4.79 Å². The molecule has 1 aliphatic heterocycles. The maximum absolute atomic E-state index is 12.1. The van der Waals surface area contributed by atoms with Crippen LogP contribution in [0.1, 0.15) is 19.3 Å². The monoisotopic (exact) mass is 329 g/mol. The molecule has 2 fully saturated rings. The van der Waals surface area contributed by atoms with Crippen molar-refractivity contribution in [1.29, 1.82) is 0 Å². The standard InChI is InChI=1S/C12H16BrN3OS/c13-11-10(15-9-3-4-18-7-9)5-14-16(12(11)17)6-8-1-2-8/h5,8-9,15H,1-4,6-7H2. The molecule has 2 aliphatic rings. The third-order valence-corrected chi connectivity index (χ3v) is 5.33. The van der Waals surface area contributed by atoms with Crippen molar-refractivity contribution < 1.29 is 0 Å². The first-order valence-corrected chi connectivity index (χ1v) is 8.28. The summed E-state index contributed by atoms with van der Waals surface area (Å²) in [5.41, 5.74) is 0.817. The number of rotatable bonds is 4. The molecule has 0 spiro atoms. The van der Waals surface area contributed by atoms with E-state index in [-0.39, 0.29) is 5.56 Å². The molecule has 1 saturated carbocycles. The largest absolute Gasteiger partial charge is 0.379 e. The Morgan fingerprint density at radius 3 is 3.00 bits per heavy atom. The molecule has 0 bridgehead atoms. The third kappa shape index (κ3) is 2.74. The van der Waals surface area contributed by atoms with Crippen LogP contribution in [0, 0.1) is 5.92 Å². The molecule has 0 amide bonds. The minimum Gasteiger partial charge on any atom is -0.379 e. The summed E-state index contributed by atoms with van der Waals surface area (Å²) in [6.07, 6.45) is 5.38. The fourth-order valence-electron chi connectivity index (χ4n) is 2.11. The van der Waals surface area contributed by atoms with E-state index >= 15 is 0 Å². The molecule has 98 valence electrons. The minimum atomic E-state index is -0.0162. The highest BCUT2D eigenvalue weighted by atomic mass is 79.9. The Bertz CT molecular complexity index is 495. The van der Waals surface area contributed by atoms with Gasteiger partial charge in [0.15, 0.2) is 0 Å². The Kier molecular flexibility index (Phi) is 3.66. The molecule has 1 aliphatic carbocycles. The lowest BCUT2D eigenvalue weighted by Gasteiger charge is -2.14. The molecule has 2 heterocycles. The highest BCUT2D eigenvalue weighted by Crippen LogP contribution is 2.30. The van der Waals surface area contributed by atoms with Crippen molar-refractivity contribution in [2.45, 2.75) is 31.8 Å². The molecule has 6 heteroatoms. The second-order valence-electron chi connectivity index (χ2n) is 5.01. The predicted molar refractivity (Wildman–Crippen MR) is 78.3 cm³/mol. The lowest BCUT2D eigenvalue weighted by Crippen LogP contribution is -2.27. The lowest BCUT2D eigenvalue weighted by atomic mass is 10.2. The molecule has 3 rings (SSSR count). The number of thioether (sulfide) groups is 1. The van der Waals surface area contributed by atoms with Crippen LogP contribution in [0.5, 0.6) is 0 Å². The van der Waals surface area contributed by atoms with E-state index in [2.05, 4.69) is 26.3 Å². The van der Waals surface area contributed by atoms with Crippen LogP contribution in [-0.4, -0.2) is 27.3 Å². The second kappa shape index (κ2) is 5.25. The van der Waals surface area contributed by atoms with Crippen LogP contribution in [0.4, 0.5) is 5.69 Å². The van der Waals surface area contributed by atoms with Gasteiger partial charge in [-0.25, -0.2) is 4.68 Å². The zero-order valence-electron chi connectivity index (χ0n) is 10.1. The minimum absolute atomic E-state index is 0.0162. The van der Waals surface area contributed by atoms with Gasteiger partial charge in [0.25, 0.3) is 5.56 Å². The van der Waals surface area contributed by atoms with Crippen LogP contribution >= 0.6 is 27.7 Å².